The number of nitrogen functional groups attached to an aromatic ring is 1. The van der Waals surface area contributed by atoms with Gasteiger partial charge in [-0.05, 0) is 20.3 Å². The Morgan fingerprint density at radius 2 is 2.11 bits per heavy atom. The Labute approximate surface area is 107 Å². The molecular weight excluding hydrogens is 232 g/mol. The first-order valence-corrected chi connectivity index (χ1v) is 6.48. The second-order valence-corrected chi connectivity index (χ2v) is 4.72. The molecule has 1 aromatic heterocycles. The molecule has 18 heavy (non-hydrogen) atoms. The Morgan fingerprint density at radius 3 is 2.61 bits per heavy atom. The molecule has 0 aromatic carbocycles. The zero-order valence-corrected chi connectivity index (χ0v) is 11.3. The number of unbranched alkanes of at least 4 members (excludes halogenated alkanes) is 3. The van der Waals surface area contributed by atoms with Crippen LogP contribution in [0, 0.1) is 17.0 Å². The van der Waals surface area contributed by atoms with Gasteiger partial charge in [0.05, 0.1) is 11.0 Å². The molecule has 6 heteroatoms. The van der Waals surface area contributed by atoms with Crippen LogP contribution < -0.4 is 5.73 Å². The molecule has 1 rings (SSSR count). The third-order valence-electron chi connectivity index (χ3n) is 3.17. The van der Waals surface area contributed by atoms with Crippen LogP contribution in [-0.2, 0) is 0 Å². The highest BCUT2D eigenvalue weighted by atomic mass is 16.6. The molecule has 0 spiro atoms. The van der Waals surface area contributed by atoms with Gasteiger partial charge in [-0.3, -0.25) is 10.1 Å². The Kier molecular flexibility index (Phi) is 5.12. The molecule has 2 N–H and O–H groups in total. The number of rotatable bonds is 7. The lowest BCUT2D eigenvalue weighted by Gasteiger charge is -2.12. The van der Waals surface area contributed by atoms with Crippen molar-refractivity contribution in [2.75, 3.05) is 5.73 Å². The van der Waals surface area contributed by atoms with Crippen LogP contribution in [0.4, 0.5) is 11.5 Å². The molecule has 6 nitrogen and oxygen atoms in total. The highest BCUT2D eigenvalue weighted by Gasteiger charge is 2.24. The maximum atomic E-state index is 10.8. The van der Waals surface area contributed by atoms with Gasteiger partial charge in [0, 0.05) is 0 Å². The second kappa shape index (κ2) is 6.37. The third kappa shape index (κ3) is 3.21. The molecule has 0 saturated carbocycles. The van der Waals surface area contributed by atoms with Crippen molar-refractivity contribution in [3.63, 3.8) is 0 Å². The predicted octanol–water partition coefficient (Wildman–Crippen LogP) is 3.21. The first-order valence-electron chi connectivity index (χ1n) is 6.48. The molecule has 102 valence electrons. The average molecular weight is 254 g/mol. The van der Waals surface area contributed by atoms with E-state index in [-0.39, 0.29) is 17.5 Å². The summed E-state index contributed by atoms with van der Waals surface area (Å²) in [6, 6.07) is 0.106. The summed E-state index contributed by atoms with van der Waals surface area (Å²) in [6.07, 6.45) is 5.65. The monoisotopic (exact) mass is 254 g/mol. The molecule has 1 aromatic rings. The zero-order chi connectivity index (χ0) is 13.7. The van der Waals surface area contributed by atoms with Crippen molar-refractivity contribution in [3.8, 4) is 0 Å². The fraction of sp³-hybridized carbons (Fsp3) is 0.750. The van der Waals surface area contributed by atoms with Crippen LogP contribution in [0.1, 0.15) is 57.7 Å². The summed E-state index contributed by atoms with van der Waals surface area (Å²) in [6.45, 7) is 5.79. The van der Waals surface area contributed by atoms with Crippen molar-refractivity contribution in [1.29, 1.82) is 0 Å². The predicted molar refractivity (Wildman–Crippen MR) is 71.5 cm³/mol. The number of hydrogen-bond acceptors (Lipinski definition) is 4. The first-order chi connectivity index (χ1) is 8.49. The number of nitrogens with two attached hydrogens (primary N) is 1. The van der Waals surface area contributed by atoms with Gasteiger partial charge in [-0.25, -0.2) is 4.68 Å². The van der Waals surface area contributed by atoms with E-state index in [0.717, 1.165) is 12.8 Å². The number of aryl methyl sites for hydroxylation is 1. The van der Waals surface area contributed by atoms with Crippen molar-refractivity contribution >= 4 is 11.5 Å². The second-order valence-electron chi connectivity index (χ2n) is 4.72. The number of nitrogens with zero attached hydrogens (tertiary/aromatic N) is 3. The minimum absolute atomic E-state index is 0.0598. The average Bonchev–Trinajstić information content (AvgIpc) is 2.60. The topological polar surface area (TPSA) is 87.0 Å². The Morgan fingerprint density at radius 1 is 1.44 bits per heavy atom. The molecule has 0 saturated heterocycles. The van der Waals surface area contributed by atoms with Crippen LogP contribution in [0.15, 0.2) is 0 Å². The summed E-state index contributed by atoms with van der Waals surface area (Å²) >= 11 is 0. The molecule has 0 bridgehead atoms. The highest BCUT2D eigenvalue weighted by molar-refractivity contribution is 5.56. The highest BCUT2D eigenvalue weighted by Crippen LogP contribution is 2.29. The number of hydrogen-bond donors (Lipinski definition) is 1. The van der Waals surface area contributed by atoms with E-state index in [1.807, 2.05) is 6.92 Å². The fourth-order valence-corrected chi connectivity index (χ4v) is 2.11. The quantitative estimate of drug-likeness (QED) is 0.459. The van der Waals surface area contributed by atoms with Gasteiger partial charge in [0.15, 0.2) is 0 Å². The van der Waals surface area contributed by atoms with E-state index < -0.39 is 4.92 Å². The van der Waals surface area contributed by atoms with E-state index in [1.54, 1.807) is 11.6 Å². The molecule has 0 aliphatic heterocycles. The van der Waals surface area contributed by atoms with Crippen LogP contribution in [-0.4, -0.2) is 14.7 Å². The molecule has 1 unspecified atom stereocenters. The normalized spacial score (nSPS) is 12.6. The smallest absolute Gasteiger partial charge is 0.333 e. The molecule has 0 amide bonds. The lowest BCUT2D eigenvalue weighted by Crippen LogP contribution is -2.10. The van der Waals surface area contributed by atoms with Crippen LogP contribution in [0.3, 0.4) is 0 Å². The number of anilines is 1. The van der Waals surface area contributed by atoms with Crippen molar-refractivity contribution in [1.82, 2.24) is 9.78 Å². The Balaban J connectivity index is 2.71. The lowest BCUT2D eigenvalue weighted by molar-refractivity contribution is -0.384. The van der Waals surface area contributed by atoms with E-state index in [1.165, 1.54) is 19.3 Å². The van der Waals surface area contributed by atoms with Gasteiger partial charge >= 0.3 is 5.69 Å². The Bertz CT molecular complexity index is 414. The van der Waals surface area contributed by atoms with Crippen LogP contribution in [0.25, 0.3) is 0 Å². The van der Waals surface area contributed by atoms with Gasteiger partial charge in [0.1, 0.15) is 5.69 Å². The molecule has 0 radical (unpaired) electrons. The SMILES string of the molecule is CCCCCCC(C)n1nc(C)c([N+](=O)[O-])c1N. The van der Waals surface area contributed by atoms with Crippen molar-refractivity contribution in [2.45, 2.75) is 58.9 Å². The van der Waals surface area contributed by atoms with E-state index in [0.29, 0.717) is 5.69 Å². The Hall–Kier alpha value is -1.59. The summed E-state index contributed by atoms with van der Waals surface area (Å²) in [5.41, 5.74) is 6.12. The summed E-state index contributed by atoms with van der Waals surface area (Å²) in [5.74, 6) is 0.167. The third-order valence-corrected chi connectivity index (χ3v) is 3.17. The van der Waals surface area contributed by atoms with E-state index in [2.05, 4.69) is 12.0 Å². The maximum absolute atomic E-state index is 10.8. The molecule has 1 heterocycles. The zero-order valence-electron chi connectivity index (χ0n) is 11.3. The van der Waals surface area contributed by atoms with Crippen molar-refractivity contribution in [3.05, 3.63) is 15.8 Å². The maximum Gasteiger partial charge on any atom is 0.333 e. The molecule has 0 fully saturated rings. The fourth-order valence-electron chi connectivity index (χ4n) is 2.11. The molecule has 0 aliphatic rings. The van der Waals surface area contributed by atoms with Gasteiger partial charge in [-0.15, -0.1) is 0 Å². The van der Waals surface area contributed by atoms with Crippen LogP contribution in [0.5, 0.6) is 0 Å². The van der Waals surface area contributed by atoms with Crippen molar-refractivity contribution < 1.29 is 4.92 Å². The van der Waals surface area contributed by atoms with Crippen molar-refractivity contribution in [2.24, 2.45) is 0 Å². The van der Waals surface area contributed by atoms with E-state index >= 15 is 0 Å². The number of nitro groups is 1. The lowest BCUT2D eigenvalue weighted by atomic mass is 10.1. The summed E-state index contributed by atoms with van der Waals surface area (Å²) < 4.78 is 1.58. The van der Waals surface area contributed by atoms with E-state index in [9.17, 15) is 10.1 Å². The standard InChI is InChI=1S/C12H22N4O2/c1-4-5-6-7-8-9(2)15-12(13)11(16(17)18)10(3)14-15/h9H,4-8,13H2,1-3H3. The summed E-state index contributed by atoms with van der Waals surface area (Å²) in [7, 11) is 0. The first kappa shape index (κ1) is 14.5. The summed E-state index contributed by atoms with van der Waals surface area (Å²) in [4.78, 5) is 10.4. The van der Waals surface area contributed by atoms with Gasteiger partial charge in [-0.2, -0.15) is 5.10 Å². The van der Waals surface area contributed by atoms with Gasteiger partial charge in [0.2, 0.25) is 5.82 Å². The van der Waals surface area contributed by atoms with Crippen LogP contribution >= 0.6 is 0 Å². The van der Waals surface area contributed by atoms with Gasteiger partial charge < -0.3 is 5.73 Å². The molecule has 0 aliphatic carbocycles. The molecular formula is C12H22N4O2. The summed E-state index contributed by atoms with van der Waals surface area (Å²) in [5, 5.41) is 15.0. The number of aromatic nitrogens is 2. The van der Waals surface area contributed by atoms with E-state index in [4.69, 9.17) is 5.73 Å². The minimum Gasteiger partial charge on any atom is -0.378 e. The minimum atomic E-state index is -0.460. The largest absolute Gasteiger partial charge is 0.378 e. The van der Waals surface area contributed by atoms with Gasteiger partial charge in [0.25, 0.3) is 0 Å². The molecule has 1 atom stereocenters. The van der Waals surface area contributed by atoms with Crippen LogP contribution in [0.2, 0.25) is 0 Å². The van der Waals surface area contributed by atoms with Gasteiger partial charge in [-0.1, -0.05) is 32.6 Å².